The maximum atomic E-state index is 12.7. The molecule has 0 bridgehead atoms. The van der Waals surface area contributed by atoms with Gasteiger partial charge in [-0.15, -0.1) is 5.10 Å². The summed E-state index contributed by atoms with van der Waals surface area (Å²) >= 11 is 0. The minimum atomic E-state index is -1.05. The first-order valence-corrected chi connectivity index (χ1v) is 14.0. The molecule has 0 fully saturated rings. The minimum absolute atomic E-state index is 0.197. The fourth-order valence-electron chi connectivity index (χ4n) is 6.75. The number of rotatable bonds is 5. The van der Waals surface area contributed by atoms with Gasteiger partial charge in [-0.05, 0) is 93.5 Å². The summed E-state index contributed by atoms with van der Waals surface area (Å²) in [5.41, 5.74) is 6.82. The molecule has 2 atom stereocenters. The molecule has 1 aliphatic heterocycles. The molecule has 2 aromatic carbocycles. The standard InChI is InChI=1S/C32H37N5O3/c1-19-22(12-14-26-29(19)34-35-36(26)6)28(32(4,5)30(38)39)21-10-9-20-11-13-25(23(20)16-21)37-17-24-27(8-7-15-33-24)40-31(2,3)18-37/h7-10,12,14-16,25,28H,11,13,17-18H2,1-6H3,(H,38,39)/t25-,28+/m0/s1. The fourth-order valence-corrected chi connectivity index (χ4v) is 6.75. The molecule has 1 aliphatic carbocycles. The van der Waals surface area contributed by atoms with Crippen molar-refractivity contribution in [1.82, 2.24) is 24.9 Å². The molecule has 3 heterocycles. The van der Waals surface area contributed by atoms with Crippen LogP contribution in [0.25, 0.3) is 11.0 Å². The molecule has 2 aromatic heterocycles. The summed E-state index contributed by atoms with van der Waals surface area (Å²) in [7, 11) is 1.87. The van der Waals surface area contributed by atoms with E-state index in [2.05, 4.69) is 58.3 Å². The predicted molar refractivity (Wildman–Crippen MR) is 153 cm³/mol. The Bertz CT molecular complexity index is 1620. The van der Waals surface area contributed by atoms with Crippen molar-refractivity contribution in [2.24, 2.45) is 12.5 Å². The van der Waals surface area contributed by atoms with Crippen LogP contribution in [0.3, 0.4) is 0 Å². The Labute approximate surface area is 235 Å². The van der Waals surface area contributed by atoms with Crippen molar-refractivity contribution in [1.29, 1.82) is 0 Å². The van der Waals surface area contributed by atoms with Gasteiger partial charge < -0.3 is 9.84 Å². The Morgan fingerprint density at radius 1 is 1.20 bits per heavy atom. The second-order valence-corrected chi connectivity index (χ2v) is 12.5. The largest absolute Gasteiger partial charge is 0.485 e. The number of hydrogen-bond donors (Lipinski definition) is 1. The van der Waals surface area contributed by atoms with Crippen molar-refractivity contribution in [3.8, 4) is 5.75 Å². The van der Waals surface area contributed by atoms with Crippen molar-refractivity contribution in [2.45, 2.75) is 71.6 Å². The molecule has 8 nitrogen and oxygen atoms in total. The third kappa shape index (κ3) is 4.35. The van der Waals surface area contributed by atoms with Gasteiger partial charge in [0.15, 0.2) is 0 Å². The molecule has 8 heteroatoms. The minimum Gasteiger partial charge on any atom is -0.485 e. The number of carboxylic acids is 1. The first-order chi connectivity index (χ1) is 19.0. The number of aromatic nitrogens is 4. The zero-order chi connectivity index (χ0) is 28.4. The van der Waals surface area contributed by atoms with Gasteiger partial charge in [0.25, 0.3) is 0 Å². The fraction of sp³-hybridized carbons (Fsp3) is 0.438. The molecule has 1 N–H and O–H groups in total. The Hall–Kier alpha value is -3.78. The lowest BCUT2D eigenvalue weighted by atomic mass is 9.69. The van der Waals surface area contributed by atoms with Crippen LogP contribution in [0.1, 0.15) is 79.6 Å². The number of fused-ring (bicyclic) bond motifs is 3. The Morgan fingerprint density at radius 2 is 2.00 bits per heavy atom. The van der Waals surface area contributed by atoms with E-state index in [1.807, 2.05) is 52.2 Å². The quantitative estimate of drug-likeness (QED) is 0.354. The topological polar surface area (TPSA) is 93.4 Å². The number of aliphatic carboxylic acids is 1. The number of pyridine rings is 1. The number of carbonyl (C=O) groups is 1. The Morgan fingerprint density at radius 3 is 2.77 bits per heavy atom. The van der Waals surface area contributed by atoms with Gasteiger partial charge in [0, 0.05) is 38.3 Å². The first-order valence-electron chi connectivity index (χ1n) is 14.0. The van der Waals surface area contributed by atoms with E-state index in [1.165, 1.54) is 11.1 Å². The van der Waals surface area contributed by atoms with Crippen molar-refractivity contribution in [3.05, 3.63) is 82.2 Å². The molecule has 208 valence electrons. The van der Waals surface area contributed by atoms with Crippen molar-refractivity contribution in [3.63, 3.8) is 0 Å². The van der Waals surface area contributed by atoms with Gasteiger partial charge in [0.05, 0.1) is 16.6 Å². The number of hydrogen-bond acceptors (Lipinski definition) is 6. The lowest BCUT2D eigenvalue weighted by molar-refractivity contribution is -0.147. The van der Waals surface area contributed by atoms with Gasteiger partial charge in [0.1, 0.15) is 16.9 Å². The molecule has 6 rings (SSSR count). The van der Waals surface area contributed by atoms with Gasteiger partial charge in [-0.3, -0.25) is 14.7 Å². The lowest BCUT2D eigenvalue weighted by Gasteiger charge is -2.35. The molecule has 0 amide bonds. The monoisotopic (exact) mass is 539 g/mol. The second-order valence-electron chi connectivity index (χ2n) is 12.5. The highest BCUT2D eigenvalue weighted by atomic mass is 16.5. The van der Waals surface area contributed by atoms with Crippen molar-refractivity contribution in [2.75, 3.05) is 6.54 Å². The summed E-state index contributed by atoms with van der Waals surface area (Å²) < 4.78 is 8.13. The molecule has 0 spiro atoms. The zero-order valence-corrected chi connectivity index (χ0v) is 24.1. The van der Waals surface area contributed by atoms with E-state index < -0.39 is 11.4 Å². The van der Waals surface area contributed by atoms with Crippen LogP contribution in [0.5, 0.6) is 5.75 Å². The lowest BCUT2D eigenvalue weighted by Crippen LogP contribution is -2.41. The SMILES string of the molecule is Cc1c([C@@H](c2ccc3c(c2)[C@@H](N2Cc4ncccc4OC(C)(C)C2)CC3)C(C)(C)C(=O)O)ccc2c1nnn2C. The van der Waals surface area contributed by atoms with Gasteiger partial charge in [-0.1, -0.05) is 29.5 Å². The summed E-state index contributed by atoms with van der Waals surface area (Å²) in [5.74, 6) is -0.350. The van der Waals surface area contributed by atoms with Crippen LogP contribution in [0.4, 0.5) is 0 Å². The summed E-state index contributed by atoms with van der Waals surface area (Å²) in [4.78, 5) is 19.8. The smallest absolute Gasteiger partial charge is 0.310 e. The molecule has 0 radical (unpaired) electrons. The van der Waals surface area contributed by atoms with Crippen LogP contribution in [0, 0.1) is 12.3 Å². The van der Waals surface area contributed by atoms with Gasteiger partial charge in [-0.25, -0.2) is 4.68 Å². The first kappa shape index (κ1) is 26.4. The van der Waals surface area contributed by atoms with Crippen LogP contribution in [0.2, 0.25) is 0 Å². The Balaban J connectivity index is 1.45. The highest BCUT2D eigenvalue weighted by Crippen LogP contribution is 2.47. The number of nitrogens with zero attached hydrogens (tertiary/aromatic N) is 5. The Kier molecular flexibility index (Phi) is 6.22. The molecule has 0 saturated heterocycles. The maximum Gasteiger partial charge on any atom is 0.310 e. The third-order valence-electron chi connectivity index (χ3n) is 8.82. The molecular formula is C32H37N5O3. The zero-order valence-electron chi connectivity index (χ0n) is 24.1. The van der Waals surface area contributed by atoms with Crippen LogP contribution < -0.4 is 4.74 Å². The van der Waals surface area contributed by atoms with E-state index in [-0.39, 0.29) is 17.6 Å². The molecular weight excluding hydrogens is 502 g/mol. The summed E-state index contributed by atoms with van der Waals surface area (Å²) in [6, 6.07) is 14.8. The van der Waals surface area contributed by atoms with Crippen LogP contribution in [-0.4, -0.2) is 48.1 Å². The predicted octanol–water partition coefficient (Wildman–Crippen LogP) is 5.57. The number of ether oxygens (including phenoxy) is 1. The third-order valence-corrected chi connectivity index (χ3v) is 8.82. The van der Waals surface area contributed by atoms with Crippen LogP contribution in [0.15, 0.2) is 48.7 Å². The summed E-state index contributed by atoms with van der Waals surface area (Å²) in [6.07, 6.45) is 3.83. The normalized spacial score (nSPS) is 19.5. The molecule has 0 saturated carbocycles. The van der Waals surface area contributed by atoms with Crippen molar-refractivity contribution >= 4 is 17.0 Å². The van der Waals surface area contributed by atoms with Gasteiger partial charge in [-0.2, -0.15) is 0 Å². The van der Waals surface area contributed by atoms with Crippen LogP contribution >= 0.6 is 0 Å². The van der Waals surface area contributed by atoms with Crippen LogP contribution in [-0.2, 0) is 24.8 Å². The molecule has 0 unspecified atom stereocenters. The van der Waals surface area contributed by atoms with E-state index in [4.69, 9.17) is 4.74 Å². The molecule has 2 aliphatic rings. The highest BCUT2D eigenvalue weighted by molar-refractivity contribution is 5.81. The highest BCUT2D eigenvalue weighted by Gasteiger charge is 2.42. The van der Waals surface area contributed by atoms with E-state index in [1.54, 1.807) is 4.68 Å². The van der Waals surface area contributed by atoms with E-state index in [9.17, 15) is 9.90 Å². The number of aryl methyl sites for hydroxylation is 3. The molecule has 4 aromatic rings. The van der Waals surface area contributed by atoms with E-state index in [0.717, 1.165) is 58.6 Å². The van der Waals surface area contributed by atoms with Gasteiger partial charge >= 0.3 is 5.97 Å². The van der Waals surface area contributed by atoms with Gasteiger partial charge in [0.2, 0.25) is 0 Å². The summed E-state index contributed by atoms with van der Waals surface area (Å²) in [5, 5.41) is 19.0. The second kappa shape index (κ2) is 9.41. The van der Waals surface area contributed by atoms with E-state index in [0.29, 0.717) is 6.54 Å². The number of carboxylic acid groups (broad SMARTS) is 1. The molecule has 40 heavy (non-hydrogen) atoms. The average molecular weight is 540 g/mol. The number of benzene rings is 2. The maximum absolute atomic E-state index is 12.7. The van der Waals surface area contributed by atoms with Crippen molar-refractivity contribution < 1.29 is 14.6 Å². The average Bonchev–Trinajstić information content (AvgIpc) is 3.45. The summed E-state index contributed by atoms with van der Waals surface area (Å²) in [6.45, 7) is 11.4. The van der Waals surface area contributed by atoms with E-state index >= 15 is 0 Å².